The maximum atomic E-state index is 6.17. The molecule has 0 N–H and O–H groups in total. The highest BCUT2D eigenvalue weighted by atomic mass is 127. The normalized spacial score (nSPS) is 11.1. The zero-order valence-electron chi connectivity index (χ0n) is 10.2. The van der Waals surface area contributed by atoms with Gasteiger partial charge in [0.2, 0.25) is 0 Å². The standard InChI is InChI=1S/C13H10Cl3IN2/c1-6(2)11-10(17)12(16)19-13(18-11)7-3-4-8(14)9(15)5-7/h3-6H,1-2H3. The fourth-order valence-electron chi connectivity index (χ4n) is 1.58. The number of aromatic nitrogens is 2. The van der Waals surface area contributed by atoms with Crippen LogP contribution in [0.4, 0.5) is 0 Å². The minimum absolute atomic E-state index is 0.272. The highest BCUT2D eigenvalue weighted by molar-refractivity contribution is 14.1. The zero-order valence-corrected chi connectivity index (χ0v) is 14.6. The largest absolute Gasteiger partial charge is 0.232 e. The molecule has 0 aliphatic carbocycles. The van der Waals surface area contributed by atoms with Gasteiger partial charge in [0.05, 0.1) is 19.3 Å². The lowest BCUT2D eigenvalue weighted by Crippen LogP contribution is -2.02. The van der Waals surface area contributed by atoms with Gasteiger partial charge < -0.3 is 0 Å². The number of hydrogen-bond acceptors (Lipinski definition) is 2. The monoisotopic (exact) mass is 426 g/mol. The predicted molar refractivity (Wildman–Crippen MR) is 89.3 cm³/mol. The molecule has 0 fully saturated rings. The third-order valence-electron chi connectivity index (χ3n) is 2.56. The van der Waals surface area contributed by atoms with Crippen LogP contribution in [0.15, 0.2) is 18.2 Å². The lowest BCUT2D eigenvalue weighted by molar-refractivity contribution is 0.808. The van der Waals surface area contributed by atoms with E-state index in [1.54, 1.807) is 12.1 Å². The van der Waals surface area contributed by atoms with Crippen molar-refractivity contribution >= 4 is 57.4 Å². The van der Waals surface area contributed by atoms with Crippen molar-refractivity contribution in [2.75, 3.05) is 0 Å². The van der Waals surface area contributed by atoms with Crippen LogP contribution in [-0.4, -0.2) is 9.97 Å². The van der Waals surface area contributed by atoms with Crippen molar-refractivity contribution < 1.29 is 0 Å². The van der Waals surface area contributed by atoms with E-state index in [1.807, 2.05) is 6.07 Å². The minimum Gasteiger partial charge on any atom is -0.232 e. The van der Waals surface area contributed by atoms with Crippen LogP contribution in [-0.2, 0) is 0 Å². The SMILES string of the molecule is CC(C)c1nc(-c2ccc(Cl)c(Cl)c2)nc(Cl)c1I. The van der Waals surface area contributed by atoms with Crippen molar-refractivity contribution in [1.82, 2.24) is 9.97 Å². The second-order valence-electron chi connectivity index (χ2n) is 4.32. The first-order chi connectivity index (χ1) is 8.90. The molecule has 1 heterocycles. The quantitative estimate of drug-likeness (QED) is 0.445. The molecule has 0 saturated carbocycles. The number of rotatable bonds is 2. The number of hydrogen-bond donors (Lipinski definition) is 0. The van der Waals surface area contributed by atoms with Crippen molar-refractivity contribution in [2.45, 2.75) is 19.8 Å². The Balaban J connectivity index is 2.59. The Bertz CT molecular complexity index is 630. The number of benzene rings is 1. The molecule has 0 radical (unpaired) electrons. The average Bonchev–Trinajstić information content (AvgIpc) is 2.35. The summed E-state index contributed by atoms with van der Waals surface area (Å²) >= 11 is 20.3. The van der Waals surface area contributed by atoms with E-state index in [-0.39, 0.29) is 5.92 Å². The van der Waals surface area contributed by atoms with Gasteiger partial charge in [0.15, 0.2) is 5.82 Å². The molecule has 2 nitrogen and oxygen atoms in total. The van der Waals surface area contributed by atoms with Crippen LogP contribution < -0.4 is 0 Å². The molecule has 0 amide bonds. The zero-order chi connectivity index (χ0) is 14.2. The Morgan fingerprint density at radius 2 is 1.74 bits per heavy atom. The summed E-state index contributed by atoms with van der Waals surface area (Å²) in [7, 11) is 0. The summed E-state index contributed by atoms with van der Waals surface area (Å²) in [5.41, 5.74) is 1.73. The first-order valence-corrected chi connectivity index (χ1v) is 7.79. The van der Waals surface area contributed by atoms with Crippen LogP contribution in [0.1, 0.15) is 25.5 Å². The van der Waals surface area contributed by atoms with Crippen LogP contribution >= 0.6 is 57.4 Å². The summed E-state index contributed by atoms with van der Waals surface area (Å²) in [4.78, 5) is 8.87. The molecule has 100 valence electrons. The van der Waals surface area contributed by atoms with Gasteiger partial charge in [-0.25, -0.2) is 9.97 Å². The maximum absolute atomic E-state index is 6.17. The summed E-state index contributed by atoms with van der Waals surface area (Å²) in [5.74, 6) is 0.835. The number of nitrogens with zero attached hydrogens (tertiary/aromatic N) is 2. The third-order valence-corrected chi connectivity index (χ3v) is 4.96. The summed E-state index contributed by atoms with van der Waals surface area (Å²) in [6.07, 6.45) is 0. The molecule has 0 aliphatic heterocycles. The summed E-state index contributed by atoms with van der Waals surface area (Å²) in [5, 5.41) is 1.44. The molecule has 6 heteroatoms. The Kier molecular flexibility index (Phi) is 4.93. The van der Waals surface area contributed by atoms with Gasteiger partial charge in [-0.15, -0.1) is 0 Å². The predicted octanol–water partition coefficient (Wildman–Crippen LogP) is 5.83. The number of halogens is 4. The molecule has 1 aromatic heterocycles. The van der Waals surface area contributed by atoms with Crippen molar-refractivity contribution in [1.29, 1.82) is 0 Å². The third kappa shape index (κ3) is 3.32. The van der Waals surface area contributed by atoms with E-state index in [0.29, 0.717) is 21.0 Å². The lowest BCUT2D eigenvalue weighted by Gasteiger charge is -2.11. The molecule has 0 unspecified atom stereocenters. The average molecular weight is 428 g/mol. The molecule has 0 saturated heterocycles. The van der Waals surface area contributed by atoms with Crippen LogP contribution in [0.5, 0.6) is 0 Å². The van der Waals surface area contributed by atoms with E-state index in [0.717, 1.165) is 14.8 Å². The van der Waals surface area contributed by atoms with Crippen LogP contribution in [0.2, 0.25) is 15.2 Å². The van der Waals surface area contributed by atoms with Crippen molar-refractivity contribution in [3.63, 3.8) is 0 Å². The van der Waals surface area contributed by atoms with Crippen LogP contribution in [0.3, 0.4) is 0 Å². The molecule has 1 aromatic carbocycles. The van der Waals surface area contributed by atoms with E-state index in [9.17, 15) is 0 Å². The molecular weight excluding hydrogens is 417 g/mol. The molecule has 0 spiro atoms. The topological polar surface area (TPSA) is 25.8 Å². The van der Waals surface area contributed by atoms with E-state index < -0.39 is 0 Å². The van der Waals surface area contributed by atoms with Crippen molar-refractivity contribution in [3.8, 4) is 11.4 Å². The molecule has 2 rings (SSSR count). The van der Waals surface area contributed by atoms with Gasteiger partial charge >= 0.3 is 0 Å². The fraction of sp³-hybridized carbons (Fsp3) is 0.231. The van der Waals surface area contributed by atoms with Gasteiger partial charge in [-0.05, 0) is 46.7 Å². The van der Waals surface area contributed by atoms with Crippen molar-refractivity contribution in [3.05, 3.63) is 42.7 Å². The molecule has 0 atom stereocenters. The smallest absolute Gasteiger partial charge is 0.161 e. The first-order valence-electron chi connectivity index (χ1n) is 5.58. The Morgan fingerprint density at radius 3 is 2.32 bits per heavy atom. The maximum Gasteiger partial charge on any atom is 0.161 e. The van der Waals surface area contributed by atoms with Crippen LogP contribution in [0, 0.1) is 3.57 Å². The van der Waals surface area contributed by atoms with Gasteiger partial charge in [0, 0.05) is 5.56 Å². The second kappa shape index (κ2) is 6.12. The van der Waals surface area contributed by atoms with Crippen LogP contribution in [0.25, 0.3) is 11.4 Å². The van der Waals surface area contributed by atoms with Gasteiger partial charge in [-0.2, -0.15) is 0 Å². The van der Waals surface area contributed by atoms with Crippen molar-refractivity contribution in [2.24, 2.45) is 0 Å². The Labute approximate surface area is 140 Å². The molecule has 0 aliphatic rings. The van der Waals surface area contributed by atoms with Gasteiger partial charge in [-0.3, -0.25) is 0 Å². The second-order valence-corrected chi connectivity index (χ2v) is 6.57. The lowest BCUT2D eigenvalue weighted by atomic mass is 10.1. The minimum atomic E-state index is 0.272. The molecule has 2 aromatic rings. The van der Waals surface area contributed by atoms with Gasteiger partial charge in [0.25, 0.3) is 0 Å². The summed E-state index contributed by atoms with van der Waals surface area (Å²) in [6, 6.07) is 5.30. The van der Waals surface area contributed by atoms with E-state index in [4.69, 9.17) is 34.8 Å². The first kappa shape index (κ1) is 15.3. The highest BCUT2D eigenvalue weighted by Crippen LogP contribution is 2.31. The molecule has 19 heavy (non-hydrogen) atoms. The summed E-state index contributed by atoms with van der Waals surface area (Å²) < 4.78 is 0.887. The van der Waals surface area contributed by atoms with E-state index in [2.05, 4.69) is 46.4 Å². The molecule has 0 bridgehead atoms. The van der Waals surface area contributed by atoms with Gasteiger partial charge in [0.1, 0.15) is 5.15 Å². The Hall–Kier alpha value is -0.100. The van der Waals surface area contributed by atoms with E-state index in [1.165, 1.54) is 0 Å². The Morgan fingerprint density at radius 1 is 1.05 bits per heavy atom. The van der Waals surface area contributed by atoms with E-state index >= 15 is 0 Å². The summed E-state index contributed by atoms with van der Waals surface area (Å²) in [6.45, 7) is 4.14. The molecular formula is C13H10Cl3IN2. The highest BCUT2D eigenvalue weighted by Gasteiger charge is 2.15. The fourth-order valence-corrected chi connectivity index (χ4v) is 2.92. The van der Waals surface area contributed by atoms with Gasteiger partial charge in [-0.1, -0.05) is 48.7 Å².